The van der Waals surface area contributed by atoms with Gasteiger partial charge in [0.15, 0.2) is 0 Å². The number of pyridine rings is 1. The van der Waals surface area contributed by atoms with Crippen LogP contribution >= 0.6 is 0 Å². The Bertz CT molecular complexity index is 508. The minimum absolute atomic E-state index is 0.0412. The van der Waals surface area contributed by atoms with Crippen molar-refractivity contribution in [3.63, 3.8) is 0 Å². The zero-order chi connectivity index (χ0) is 15.7. The summed E-state index contributed by atoms with van der Waals surface area (Å²) in [7, 11) is 0. The van der Waals surface area contributed by atoms with E-state index in [9.17, 15) is 4.79 Å². The van der Waals surface area contributed by atoms with Gasteiger partial charge < -0.3 is 5.32 Å². The van der Waals surface area contributed by atoms with Crippen LogP contribution in [0.3, 0.4) is 0 Å². The lowest BCUT2D eigenvalue weighted by Gasteiger charge is -2.37. The number of carbonyl (C=O) groups is 1. The number of carbonyl (C=O) groups excluding carboxylic acids is 1. The Morgan fingerprint density at radius 2 is 1.90 bits per heavy atom. The van der Waals surface area contributed by atoms with Crippen molar-refractivity contribution in [2.45, 2.75) is 71.3 Å². The Morgan fingerprint density at radius 1 is 1.29 bits per heavy atom. The molecule has 0 radical (unpaired) electrons. The highest BCUT2D eigenvalue weighted by Crippen LogP contribution is 2.31. The Labute approximate surface area is 128 Å². The summed E-state index contributed by atoms with van der Waals surface area (Å²) >= 11 is 0. The summed E-state index contributed by atoms with van der Waals surface area (Å²) in [4.78, 5) is 17.0. The van der Waals surface area contributed by atoms with Crippen molar-refractivity contribution < 1.29 is 4.79 Å². The summed E-state index contributed by atoms with van der Waals surface area (Å²) in [5.74, 6) is 0.732. The predicted octanol–water partition coefficient (Wildman–Crippen LogP) is 4.08. The number of nitrogens with one attached hydrogen (secondary N) is 1. The minimum atomic E-state index is -0.0803. The van der Waals surface area contributed by atoms with Crippen LogP contribution in [0.4, 0.5) is 0 Å². The van der Waals surface area contributed by atoms with Gasteiger partial charge in [-0.05, 0) is 50.7 Å². The van der Waals surface area contributed by atoms with Crippen molar-refractivity contribution in [1.82, 2.24) is 10.3 Å². The van der Waals surface area contributed by atoms with Crippen molar-refractivity contribution in [3.05, 3.63) is 29.6 Å². The Balaban J connectivity index is 2.10. The molecule has 1 aliphatic carbocycles. The lowest BCUT2D eigenvalue weighted by atomic mass is 9.78. The van der Waals surface area contributed by atoms with E-state index in [-0.39, 0.29) is 16.9 Å². The molecule has 1 amide bonds. The fourth-order valence-electron chi connectivity index (χ4n) is 2.84. The molecule has 0 aromatic carbocycles. The number of hydrogen-bond donors (Lipinski definition) is 1. The fraction of sp³-hybridized carbons (Fsp3) is 0.667. The molecule has 0 unspecified atom stereocenters. The van der Waals surface area contributed by atoms with Crippen LogP contribution in [0.15, 0.2) is 18.2 Å². The maximum atomic E-state index is 12.5. The first-order valence-electron chi connectivity index (χ1n) is 8.00. The monoisotopic (exact) mass is 288 g/mol. The Kier molecular flexibility index (Phi) is 4.40. The Hall–Kier alpha value is -1.38. The molecule has 3 nitrogen and oxygen atoms in total. The third-order valence-corrected chi connectivity index (χ3v) is 4.54. The number of nitrogens with zero attached hydrogens (tertiary/aromatic N) is 1. The van der Waals surface area contributed by atoms with Crippen LogP contribution in [0.25, 0.3) is 0 Å². The fourth-order valence-corrected chi connectivity index (χ4v) is 2.84. The average molecular weight is 288 g/mol. The molecule has 0 bridgehead atoms. The van der Waals surface area contributed by atoms with Gasteiger partial charge in [-0.1, -0.05) is 33.8 Å². The number of rotatable bonds is 2. The van der Waals surface area contributed by atoms with Crippen molar-refractivity contribution in [1.29, 1.82) is 0 Å². The molecule has 2 rings (SSSR count). The first kappa shape index (κ1) is 16.0. The van der Waals surface area contributed by atoms with Crippen LogP contribution in [0.5, 0.6) is 0 Å². The van der Waals surface area contributed by atoms with Gasteiger partial charge in [0.25, 0.3) is 5.91 Å². The molecule has 1 aliphatic rings. The summed E-state index contributed by atoms with van der Waals surface area (Å²) in [6, 6.07) is 5.72. The molecular formula is C18H28N2O. The second kappa shape index (κ2) is 5.78. The van der Waals surface area contributed by atoms with E-state index in [2.05, 4.69) is 44.9 Å². The first-order valence-corrected chi connectivity index (χ1v) is 8.00. The summed E-state index contributed by atoms with van der Waals surface area (Å²) in [6.07, 6.45) is 4.48. The number of aromatic nitrogens is 1. The number of amides is 1. The van der Waals surface area contributed by atoms with E-state index < -0.39 is 0 Å². The largest absolute Gasteiger partial charge is 0.346 e. The third kappa shape index (κ3) is 4.05. The highest BCUT2D eigenvalue weighted by Gasteiger charge is 2.31. The highest BCUT2D eigenvalue weighted by molar-refractivity contribution is 5.92. The van der Waals surface area contributed by atoms with Gasteiger partial charge in [0.2, 0.25) is 0 Å². The lowest BCUT2D eigenvalue weighted by Crippen LogP contribution is -2.48. The molecule has 3 heteroatoms. The van der Waals surface area contributed by atoms with Gasteiger partial charge in [-0.25, -0.2) is 4.98 Å². The zero-order valence-corrected chi connectivity index (χ0v) is 14.0. The van der Waals surface area contributed by atoms with E-state index in [0.717, 1.165) is 24.5 Å². The number of hydrogen-bond acceptors (Lipinski definition) is 2. The van der Waals surface area contributed by atoms with E-state index in [1.165, 1.54) is 12.8 Å². The van der Waals surface area contributed by atoms with E-state index in [1.54, 1.807) is 6.07 Å². The van der Waals surface area contributed by atoms with Gasteiger partial charge in [-0.2, -0.15) is 0 Å². The van der Waals surface area contributed by atoms with Crippen LogP contribution in [0.1, 0.15) is 76.5 Å². The minimum Gasteiger partial charge on any atom is -0.346 e. The molecule has 0 atom stereocenters. The molecular weight excluding hydrogens is 260 g/mol. The van der Waals surface area contributed by atoms with E-state index in [4.69, 9.17) is 0 Å². The van der Waals surface area contributed by atoms with Crippen LogP contribution in [-0.4, -0.2) is 16.4 Å². The molecule has 0 saturated heterocycles. The van der Waals surface area contributed by atoms with Crippen LogP contribution in [0.2, 0.25) is 0 Å². The van der Waals surface area contributed by atoms with Gasteiger partial charge in [0.1, 0.15) is 5.69 Å². The van der Waals surface area contributed by atoms with Crippen molar-refractivity contribution in [2.24, 2.45) is 5.92 Å². The van der Waals surface area contributed by atoms with Crippen LogP contribution in [-0.2, 0) is 5.41 Å². The highest BCUT2D eigenvalue weighted by atomic mass is 16.2. The summed E-state index contributed by atoms with van der Waals surface area (Å²) < 4.78 is 0. The molecule has 0 aliphatic heterocycles. The summed E-state index contributed by atoms with van der Waals surface area (Å²) in [6.45, 7) is 10.8. The zero-order valence-electron chi connectivity index (χ0n) is 14.0. The summed E-state index contributed by atoms with van der Waals surface area (Å²) in [5, 5.41) is 3.21. The molecule has 1 N–H and O–H groups in total. The van der Waals surface area contributed by atoms with Gasteiger partial charge >= 0.3 is 0 Å². The van der Waals surface area contributed by atoms with E-state index in [0.29, 0.717) is 5.69 Å². The summed E-state index contributed by atoms with van der Waals surface area (Å²) in [5.41, 5.74) is 1.36. The van der Waals surface area contributed by atoms with E-state index in [1.807, 2.05) is 12.1 Å². The molecule has 21 heavy (non-hydrogen) atoms. The molecule has 1 aromatic rings. The molecule has 0 spiro atoms. The lowest BCUT2D eigenvalue weighted by molar-refractivity contribution is 0.0864. The second-order valence-electron chi connectivity index (χ2n) is 7.86. The molecule has 1 saturated carbocycles. The normalized spacial score (nSPS) is 26.4. The standard InChI is InChI=1S/C18H28N2O/c1-13-9-11-18(5,12-10-13)20-16(21)14-7-6-8-15(19-14)17(2,3)4/h6-8,13H,9-12H2,1-5H3,(H,20,21). The third-order valence-electron chi connectivity index (χ3n) is 4.54. The average Bonchev–Trinajstić information content (AvgIpc) is 2.42. The van der Waals surface area contributed by atoms with Crippen molar-refractivity contribution in [2.75, 3.05) is 0 Å². The second-order valence-corrected chi connectivity index (χ2v) is 7.86. The molecule has 116 valence electrons. The first-order chi connectivity index (χ1) is 9.70. The van der Waals surface area contributed by atoms with Gasteiger partial charge in [0.05, 0.1) is 0 Å². The van der Waals surface area contributed by atoms with E-state index >= 15 is 0 Å². The van der Waals surface area contributed by atoms with Gasteiger partial charge in [-0.3, -0.25) is 4.79 Å². The van der Waals surface area contributed by atoms with Crippen molar-refractivity contribution >= 4 is 5.91 Å². The maximum absolute atomic E-state index is 12.5. The quantitative estimate of drug-likeness (QED) is 0.891. The van der Waals surface area contributed by atoms with Gasteiger partial charge in [0, 0.05) is 16.6 Å². The van der Waals surface area contributed by atoms with Crippen LogP contribution in [0, 0.1) is 5.92 Å². The maximum Gasteiger partial charge on any atom is 0.270 e. The SMILES string of the molecule is CC1CCC(C)(NC(=O)c2cccc(C(C)(C)C)n2)CC1. The van der Waals surface area contributed by atoms with Crippen molar-refractivity contribution in [3.8, 4) is 0 Å². The van der Waals surface area contributed by atoms with Gasteiger partial charge in [-0.15, -0.1) is 0 Å². The topological polar surface area (TPSA) is 42.0 Å². The smallest absolute Gasteiger partial charge is 0.270 e. The molecule has 1 heterocycles. The molecule has 1 fully saturated rings. The Morgan fingerprint density at radius 3 is 2.48 bits per heavy atom. The van der Waals surface area contributed by atoms with Crippen LogP contribution < -0.4 is 5.32 Å². The predicted molar refractivity (Wildman–Crippen MR) is 86.4 cm³/mol. The molecule has 1 aromatic heterocycles.